The van der Waals surface area contributed by atoms with E-state index in [-0.39, 0.29) is 5.56 Å². The highest BCUT2D eigenvalue weighted by Gasteiger charge is 2.12. The minimum absolute atomic E-state index is 0.0924. The molecule has 2 heterocycles. The zero-order valence-electron chi connectivity index (χ0n) is 10.3. The predicted octanol–water partition coefficient (Wildman–Crippen LogP) is 2.56. The van der Waals surface area contributed by atoms with E-state index in [9.17, 15) is 4.79 Å². The first kappa shape index (κ1) is 13.2. The molecule has 0 amide bonds. The van der Waals surface area contributed by atoms with Gasteiger partial charge in [-0.2, -0.15) is 0 Å². The standard InChI is InChI=1S/C13H14IN3O/c1-3-8-6-5-7-15-11(8)12-16-9(4-2)10(14)13(18)17-12/h5-7H,3-4H2,1-2H3,(H,16,17,18). The summed E-state index contributed by atoms with van der Waals surface area (Å²) in [6.45, 7) is 4.05. The molecule has 0 aliphatic carbocycles. The lowest BCUT2D eigenvalue weighted by Crippen LogP contribution is -2.16. The molecule has 0 aliphatic rings. The van der Waals surface area contributed by atoms with Crippen molar-refractivity contribution in [2.24, 2.45) is 0 Å². The van der Waals surface area contributed by atoms with Crippen LogP contribution in [-0.4, -0.2) is 15.0 Å². The van der Waals surface area contributed by atoms with Gasteiger partial charge in [0.25, 0.3) is 5.56 Å². The summed E-state index contributed by atoms with van der Waals surface area (Å²) in [5.41, 5.74) is 2.58. The van der Waals surface area contributed by atoms with Gasteiger partial charge in [-0.3, -0.25) is 9.78 Å². The molecule has 0 fully saturated rings. The highest BCUT2D eigenvalue weighted by molar-refractivity contribution is 14.1. The normalized spacial score (nSPS) is 10.6. The Morgan fingerprint density at radius 3 is 2.78 bits per heavy atom. The van der Waals surface area contributed by atoms with Gasteiger partial charge >= 0.3 is 0 Å². The van der Waals surface area contributed by atoms with Crippen LogP contribution >= 0.6 is 22.6 Å². The number of halogens is 1. The average molecular weight is 355 g/mol. The van der Waals surface area contributed by atoms with Crippen LogP contribution in [0.3, 0.4) is 0 Å². The first-order valence-electron chi connectivity index (χ1n) is 5.90. The third-order valence-electron chi connectivity index (χ3n) is 2.76. The maximum atomic E-state index is 11.9. The minimum Gasteiger partial charge on any atom is -0.304 e. The van der Waals surface area contributed by atoms with Crippen molar-refractivity contribution in [3.05, 3.63) is 43.5 Å². The van der Waals surface area contributed by atoms with Crippen molar-refractivity contribution in [2.45, 2.75) is 26.7 Å². The van der Waals surface area contributed by atoms with E-state index in [0.29, 0.717) is 9.39 Å². The third kappa shape index (κ3) is 2.45. The van der Waals surface area contributed by atoms with Gasteiger partial charge in [0.15, 0.2) is 5.82 Å². The molecule has 1 N–H and O–H groups in total. The molecule has 0 unspecified atom stereocenters. The Kier molecular flexibility index (Phi) is 4.11. The summed E-state index contributed by atoms with van der Waals surface area (Å²) < 4.78 is 0.660. The summed E-state index contributed by atoms with van der Waals surface area (Å²) in [4.78, 5) is 23.5. The second kappa shape index (κ2) is 5.60. The molecule has 4 nitrogen and oxygen atoms in total. The van der Waals surface area contributed by atoms with Gasteiger partial charge < -0.3 is 4.98 Å². The average Bonchev–Trinajstić information content (AvgIpc) is 2.41. The summed E-state index contributed by atoms with van der Waals surface area (Å²) in [5.74, 6) is 0.565. The molecule has 0 aliphatic heterocycles. The number of hydrogen-bond acceptors (Lipinski definition) is 3. The quantitative estimate of drug-likeness (QED) is 0.861. The molecule has 2 rings (SSSR count). The van der Waals surface area contributed by atoms with Crippen LogP contribution in [0.2, 0.25) is 0 Å². The van der Waals surface area contributed by atoms with E-state index in [2.05, 4.69) is 21.9 Å². The number of rotatable bonds is 3. The highest BCUT2D eigenvalue weighted by Crippen LogP contribution is 2.18. The number of hydrogen-bond donors (Lipinski definition) is 1. The number of H-pyrrole nitrogens is 1. The fourth-order valence-corrected chi connectivity index (χ4v) is 2.43. The first-order valence-corrected chi connectivity index (χ1v) is 6.98. The molecule has 0 atom stereocenters. The van der Waals surface area contributed by atoms with Crippen molar-refractivity contribution in [2.75, 3.05) is 0 Å². The zero-order valence-corrected chi connectivity index (χ0v) is 12.5. The summed E-state index contributed by atoms with van der Waals surface area (Å²) in [6.07, 6.45) is 3.32. The lowest BCUT2D eigenvalue weighted by Gasteiger charge is -2.07. The highest BCUT2D eigenvalue weighted by atomic mass is 127. The minimum atomic E-state index is -0.0924. The smallest absolute Gasteiger partial charge is 0.264 e. The molecule has 2 aromatic rings. The number of aromatic amines is 1. The van der Waals surface area contributed by atoms with Gasteiger partial charge in [0.2, 0.25) is 0 Å². The van der Waals surface area contributed by atoms with Gasteiger partial charge in [-0.05, 0) is 47.1 Å². The monoisotopic (exact) mass is 355 g/mol. The number of pyridine rings is 1. The van der Waals surface area contributed by atoms with E-state index in [4.69, 9.17) is 0 Å². The van der Waals surface area contributed by atoms with Crippen molar-refractivity contribution in [1.29, 1.82) is 0 Å². The largest absolute Gasteiger partial charge is 0.304 e. The molecule has 5 heteroatoms. The fraction of sp³-hybridized carbons (Fsp3) is 0.308. The first-order chi connectivity index (χ1) is 8.67. The van der Waals surface area contributed by atoms with Crippen molar-refractivity contribution >= 4 is 22.6 Å². The second-order valence-corrected chi connectivity index (χ2v) is 4.97. The van der Waals surface area contributed by atoms with Crippen LogP contribution in [0, 0.1) is 3.57 Å². The van der Waals surface area contributed by atoms with Crippen molar-refractivity contribution in [1.82, 2.24) is 15.0 Å². The van der Waals surface area contributed by atoms with Gasteiger partial charge in [0.05, 0.1) is 9.26 Å². The molecule has 0 bridgehead atoms. The van der Waals surface area contributed by atoms with Gasteiger partial charge in [0, 0.05) is 6.20 Å². The van der Waals surface area contributed by atoms with E-state index >= 15 is 0 Å². The van der Waals surface area contributed by atoms with Crippen molar-refractivity contribution in [3.63, 3.8) is 0 Å². The van der Waals surface area contributed by atoms with Crippen molar-refractivity contribution < 1.29 is 0 Å². The number of aromatic nitrogens is 3. The van der Waals surface area contributed by atoms with Crippen LogP contribution in [0.25, 0.3) is 11.5 Å². The molecular formula is C13H14IN3O. The Balaban J connectivity index is 2.64. The fourth-order valence-electron chi connectivity index (χ4n) is 1.79. The van der Waals surface area contributed by atoms with Crippen LogP contribution < -0.4 is 5.56 Å². The SMILES string of the molecule is CCc1cccnc1-c1nc(CC)c(I)c(=O)[nH]1. The van der Waals surface area contributed by atoms with E-state index in [1.54, 1.807) is 6.20 Å². The Hall–Kier alpha value is -1.24. The third-order valence-corrected chi connectivity index (χ3v) is 3.88. The van der Waals surface area contributed by atoms with Crippen LogP contribution in [0.5, 0.6) is 0 Å². The lowest BCUT2D eigenvalue weighted by molar-refractivity contribution is 0.955. The van der Waals surface area contributed by atoms with Crippen LogP contribution in [-0.2, 0) is 12.8 Å². The predicted molar refractivity (Wildman–Crippen MR) is 79.6 cm³/mol. The Morgan fingerprint density at radius 2 is 2.11 bits per heavy atom. The van der Waals surface area contributed by atoms with Crippen LogP contribution in [0.4, 0.5) is 0 Å². The zero-order chi connectivity index (χ0) is 13.1. The van der Waals surface area contributed by atoms with E-state index in [1.807, 2.05) is 41.6 Å². The Morgan fingerprint density at radius 1 is 1.33 bits per heavy atom. The number of nitrogens with one attached hydrogen (secondary N) is 1. The molecule has 0 saturated carbocycles. The van der Waals surface area contributed by atoms with Crippen LogP contribution in [0.15, 0.2) is 23.1 Å². The molecule has 0 radical (unpaired) electrons. The number of nitrogens with zero attached hydrogens (tertiary/aromatic N) is 2. The van der Waals surface area contributed by atoms with Gasteiger partial charge in [-0.25, -0.2) is 4.98 Å². The lowest BCUT2D eigenvalue weighted by atomic mass is 10.1. The van der Waals surface area contributed by atoms with Gasteiger partial charge in [-0.15, -0.1) is 0 Å². The molecule has 0 saturated heterocycles. The molecule has 94 valence electrons. The molecule has 0 spiro atoms. The molecular weight excluding hydrogens is 341 g/mol. The second-order valence-electron chi connectivity index (χ2n) is 3.89. The maximum absolute atomic E-state index is 11.9. The molecule has 2 aromatic heterocycles. The van der Waals surface area contributed by atoms with E-state index in [1.165, 1.54) is 0 Å². The summed E-state index contributed by atoms with van der Waals surface area (Å²) in [7, 11) is 0. The Bertz CT molecular complexity index is 622. The van der Waals surface area contributed by atoms with E-state index < -0.39 is 0 Å². The summed E-state index contributed by atoms with van der Waals surface area (Å²) in [5, 5.41) is 0. The van der Waals surface area contributed by atoms with Gasteiger partial charge in [0.1, 0.15) is 5.69 Å². The summed E-state index contributed by atoms with van der Waals surface area (Å²) in [6, 6.07) is 3.90. The molecule has 18 heavy (non-hydrogen) atoms. The Labute approximate surface area is 119 Å². The molecule has 0 aromatic carbocycles. The van der Waals surface area contributed by atoms with Crippen LogP contribution in [0.1, 0.15) is 25.1 Å². The van der Waals surface area contributed by atoms with Gasteiger partial charge in [-0.1, -0.05) is 19.9 Å². The van der Waals surface area contributed by atoms with E-state index in [0.717, 1.165) is 29.8 Å². The van der Waals surface area contributed by atoms with Crippen molar-refractivity contribution in [3.8, 4) is 11.5 Å². The number of aryl methyl sites for hydroxylation is 2. The maximum Gasteiger partial charge on any atom is 0.264 e. The topological polar surface area (TPSA) is 58.6 Å². The summed E-state index contributed by atoms with van der Waals surface area (Å²) >= 11 is 2.03.